The second-order valence-corrected chi connectivity index (χ2v) is 5.40. The van der Waals surface area contributed by atoms with Crippen molar-refractivity contribution in [2.45, 2.75) is 27.2 Å². The molecule has 0 saturated heterocycles. The number of aliphatic hydroxyl groups excluding tert-OH is 1. The maximum atomic E-state index is 9.25. The summed E-state index contributed by atoms with van der Waals surface area (Å²) in [6, 6.07) is 0. The SMILES string of the molecule is CCCN(CCN(C)C)CC(C)(C)CO. The Kier molecular flexibility index (Phi) is 7.14. The number of likely N-dealkylation sites (N-methyl/N-ethyl adjacent to an activating group) is 1. The average Bonchev–Trinajstić information content (AvgIpc) is 2.14. The highest BCUT2D eigenvalue weighted by molar-refractivity contribution is 4.73. The van der Waals surface area contributed by atoms with Gasteiger partial charge < -0.3 is 14.9 Å². The zero-order valence-corrected chi connectivity index (χ0v) is 11.1. The largest absolute Gasteiger partial charge is 0.396 e. The Labute approximate surface area is 95.1 Å². The van der Waals surface area contributed by atoms with Crippen molar-refractivity contribution < 1.29 is 5.11 Å². The summed E-state index contributed by atoms with van der Waals surface area (Å²) in [6.07, 6.45) is 1.18. The zero-order valence-electron chi connectivity index (χ0n) is 11.1. The molecule has 0 unspecified atom stereocenters. The molecule has 3 heteroatoms. The van der Waals surface area contributed by atoms with E-state index in [4.69, 9.17) is 0 Å². The lowest BCUT2D eigenvalue weighted by Gasteiger charge is -2.31. The van der Waals surface area contributed by atoms with Crippen LogP contribution in [-0.4, -0.2) is 61.8 Å². The van der Waals surface area contributed by atoms with Gasteiger partial charge in [0.15, 0.2) is 0 Å². The van der Waals surface area contributed by atoms with Crippen molar-refractivity contribution in [2.75, 3.05) is 46.9 Å². The van der Waals surface area contributed by atoms with Crippen molar-refractivity contribution in [3.63, 3.8) is 0 Å². The predicted octanol–water partition coefficient (Wildman–Crippen LogP) is 1.28. The molecule has 1 N–H and O–H groups in total. The summed E-state index contributed by atoms with van der Waals surface area (Å²) in [6.45, 7) is 11.0. The molecule has 0 atom stereocenters. The molecular formula is C12H28N2O. The van der Waals surface area contributed by atoms with Crippen molar-refractivity contribution in [3.05, 3.63) is 0 Å². The van der Waals surface area contributed by atoms with E-state index >= 15 is 0 Å². The van der Waals surface area contributed by atoms with E-state index in [1.54, 1.807) is 0 Å². The molecule has 0 aromatic carbocycles. The summed E-state index contributed by atoms with van der Waals surface area (Å²) in [5, 5.41) is 9.25. The fraction of sp³-hybridized carbons (Fsp3) is 1.00. The minimum Gasteiger partial charge on any atom is -0.396 e. The molecule has 0 radical (unpaired) electrons. The maximum absolute atomic E-state index is 9.25. The van der Waals surface area contributed by atoms with Crippen molar-refractivity contribution in [1.29, 1.82) is 0 Å². The summed E-state index contributed by atoms with van der Waals surface area (Å²) in [5.74, 6) is 0. The van der Waals surface area contributed by atoms with Gasteiger partial charge in [0, 0.05) is 31.7 Å². The first-order chi connectivity index (χ1) is 6.91. The fourth-order valence-electron chi connectivity index (χ4n) is 1.58. The molecule has 0 rings (SSSR count). The summed E-state index contributed by atoms with van der Waals surface area (Å²) in [4.78, 5) is 4.64. The normalized spacial score (nSPS) is 12.8. The average molecular weight is 216 g/mol. The molecule has 3 nitrogen and oxygen atoms in total. The van der Waals surface area contributed by atoms with Gasteiger partial charge in [-0.25, -0.2) is 0 Å². The lowest BCUT2D eigenvalue weighted by atomic mass is 9.94. The molecule has 0 amide bonds. The third-order valence-electron chi connectivity index (χ3n) is 2.48. The molecule has 0 aromatic rings. The Bertz CT molecular complexity index is 158. The van der Waals surface area contributed by atoms with Crippen LogP contribution in [0.2, 0.25) is 0 Å². The first-order valence-electron chi connectivity index (χ1n) is 5.89. The smallest absolute Gasteiger partial charge is 0.0494 e. The van der Waals surface area contributed by atoms with Gasteiger partial charge in [0.2, 0.25) is 0 Å². The third kappa shape index (κ3) is 7.77. The van der Waals surface area contributed by atoms with Crippen LogP contribution in [0, 0.1) is 5.41 Å². The number of nitrogens with zero attached hydrogens (tertiary/aromatic N) is 2. The van der Waals surface area contributed by atoms with Crippen LogP contribution in [0.15, 0.2) is 0 Å². The summed E-state index contributed by atoms with van der Waals surface area (Å²) in [5.41, 5.74) is 0.0154. The van der Waals surface area contributed by atoms with E-state index in [0.717, 1.165) is 26.2 Å². The Balaban J connectivity index is 4.03. The van der Waals surface area contributed by atoms with Gasteiger partial charge in [-0.2, -0.15) is 0 Å². The lowest BCUT2D eigenvalue weighted by molar-refractivity contribution is 0.0987. The molecule has 0 fully saturated rings. The summed E-state index contributed by atoms with van der Waals surface area (Å²) in [7, 11) is 4.20. The fourth-order valence-corrected chi connectivity index (χ4v) is 1.58. The van der Waals surface area contributed by atoms with Crippen LogP contribution < -0.4 is 0 Å². The van der Waals surface area contributed by atoms with Gasteiger partial charge in [-0.05, 0) is 27.1 Å². The molecule has 0 saturated carbocycles. The molecular weight excluding hydrogens is 188 g/mol. The Morgan fingerprint density at radius 2 is 1.67 bits per heavy atom. The topological polar surface area (TPSA) is 26.7 Å². The van der Waals surface area contributed by atoms with E-state index < -0.39 is 0 Å². The monoisotopic (exact) mass is 216 g/mol. The zero-order chi connectivity index (χ0) is 11.9. The highest BCUT2D eigenvalue weighted by atomic mass is 16.3. The van der Waals surface area contributed by atoms with E-state index in [2.05, 4.69) is 44.7 Å². The van der Waals surface area contributed by atoms with Crippen molar-refractivity contribution in [3.8, 4) is 0 Å². The van der Waals surface area contributed by atoms with E-state index in [1.165, 1.54) is 6.42 Å². The number of aliphatic hydroxyl groups is 1. The van der Waals surface area contributed by atoms with Crippen LogP contribution in [0.1, 0.15) is 27.2 Å². The van der Waals surface area contributed by atoms with Crippen molar-refractivity contribution >= 4 is 0 Å². The molecule has 15 heavy (non-hydrogen) atoms. The molecule has 0 bridgehead atoms. The van der Waals surface area contributed by atoms with Crippen LogP contribution >= 0.6 is 0 Å². The molecule has 0 heterocycles. The van der Waals surface area contributed by atoms with E-state index in [9.17, 15) is 5.11 Å². The molecule has 0 spiro atoms. The van der Waals surface area contributed by atoms with Gasteiger partial charge in [0.25, 0.3) is 0 Å². The van der Waals surface area contributed by atoms with Gasteiger partial charge in [-0.3, -0.25) is 0 Å². The quantitative estimate of drug-likeness (QED) is 0.662. The van der Waals surface area contributed by atoms with Crippen molar-refractivity contribution in [2.24, 2.45) is 5.41 Å². The Hall–Kier alpha value is -0.120. The van der Waals surface area contributed by atoms with Gasteiger partial charge in [-0.1, -0.05) is 20.8 Å². The Morgan fingerprint density at radius 3 is 2.07 bits per heavy atom. The number of rotatable bonds is 8. The van der Waals surface area contributed by atoms with Gasteiger partial charge in [0.05, 0.1) is 0 Å². The van der Waals surface area contributed by atoms with Crippen LogP contribution in [0.3, 0.4) is 0 Å². The van der Waals surface area contributed by atoms with Crippen molar-refractivity contribution in [1.82, 2.24) is 9.80 Å². The summed E-state index contributed by atoms with van der Waals surface area (Å²) >= 11 is 0. The van der Waals surface area contributed by atoms with E-state index in [0.29, 0.717) is 0 Å². The van der Waals surface area contributed by atoms with Gasteiger partial charge in [-0.15, -0.1) is 0 Å². The molecule has 0 aliphatic heterocycles. The molecule has 0 aromatic heterocycles. The molecule has 0 aliphatic carbocycles. The standard InChI is InChI=1S/C12H28N2O/c1-6-7-14(9-8-13(4)5)10-12(2,3)11-15/h15H,6-11H2,1-5H3. The van der Waals surface area contributed by atoms with E-state index in [1.807, 2.05) is 0 Å². The van der Waals surface area contributed by atoms with Crippen LogP contribution in [0.5, 0.6) is 0 Å². The highest BCUT2D eigenvalue weighted by Gasteiger charge is 2.20. The third-order valence-corrected chi connectivity index (χ3v) is 2.48. The second-order valence-electron chi connectivity index (χ2n) is 5.40. The van der Waals surface area contributed by atoms with Crippen LogP contribution in [-0.2, 0) is 0 Å². The molecule has 92 valence electrons. The van der Waals surface area contributed by atoms with E-state index in [-0.39, 0.29) is 12.0 Å². The number of hydrogen-bond donors (Lipinski definition) is 1. The lowest BCUT2D eigenvalue weighted by Crippen LogP contribution is -2.40. The first-order valence-corrected chi connectivity index (χ1v) is 5.89. The minimum atomic E-state index is 0.0154. The van der Waals surface area contributed by atoms with Gasteiger partial charge >= 0.3 is 0 Å². The van der Waals surface area contributed by atoms with Crippen LogP contribution in [0.25, 0.3) is 0 Å². The molecule has 0 aliphatic rings. The maximum Gasteiger partial charge on any atom is 0.0494 e. The first kappa shape index (κ1) is 14.9. The second kappa shape index (κ2) is 7.20. The predicted molar refractivity (Wildman–Crippen MR) is 66.2 cm³/mol. The van der Waals surface area contributed by atoms with Crippen LogP contribution in [0.4, 0.5) is 0 Å². The minimum absolute atomic E-state index is 0.0154. The Morgan fingerprint density at radius 1 is 1.07 bits per heavy atom. The van der Waals surface area contributed by atoms with Gasteiger partial charge in [0.1, 0.15) is 0 Å². The highest BCUT2D eigenvalue weighted by Crippen LogP contribution is 2.15. The number of hydrogen-bond acceptors (Lipinski definition) is 3. The summed E-state index contributed by atoms with van der Waals surface area (Å²) < 4.78 is 0.